The van der Waals surface area contributed by atoms with Crippen molar-refractivity contribution in [1.29, 1.82) is 0 Å². The number of rotatable bonds is 11. The van der Waals surface area contributed by atoms with E-state index in [0.717, 1.165) is 37.2 Å². The lowest BCUT2D eigenvalue weighted by molar-refractivity contribution is 0.687. The summed E-state index contributed by atoms with van der Waals surface area (Å²) < 4.78 is 0. The second-order valence-corrected chi connectivity index (χ2v) is 5.09. The van der Waals surface area contributed by atoms with Crippen molar-refractivity contribution in [3.63, 3.8) is 0 Å². The van der Waals surface area contributed by atoms with Crippen LogP contribution in [-0.4, -0.2) is 13.1 Å². The molecule has 1 aromatic carbocycles. The zero-order valence-electron chi connectivity index (χ0n) is 12.8. The molecule has 20 heavy (non-hydrogen) atoms. The fraction of sp³-hybridized carbons (Fsp3) is 0.625. The van der Waals surface area contributed by atoms with Crippen molar-refractivity contribution in [1.82, 2.24) is 0 Å². The summed E-state index contributed by atoms with van der Waals surface area (Å²) in [7, 11) is 0. The lowest BCUT2D eigenvalue weighted by Gasteiger charge is -2.15. The summed E-state index contributed by atoms with van der Waals surface area (Å²) in [5.41, 5.74) is 1.97. The zero-order valence-corrected chi connectivity index (χ0v) is 12.8. The third-order valence-corrected chi connectivity index (χ3v) is 3.35. The van der Waals surface area contributed by atoms with Crippen LogP contribution >= 0.6 is 0 Å². The number of nitrogens with zero attached hydrogens (tertiary/aromatic N) is 2. The second-order valence-electron chi connectivity index (χ2n) is 5.09. The van der Waals surface area contributed by atoms with E-state index in [1.54, 1.807) is 0 Å². The van der Waals surface area contributed by atoms with Crippen molar-refractivity contribution < 1.29 is 0 Å². The summed E-state index contributed by atoms with van der Waals surface area (Å²) >= 11 is 0. The predicted octanol–water partition coefficient (Wildman–Crippen LogP) is 4.97. The van der Waals surface area contributed by atoms with Crippen molar-refractivity contribution in [2.24, 2.45) is 5.29 Å². The monoisotopic (exact) mass is 277 g/mol. The van der Waals surface area contributed by atoms with E-state index in [2.05, 4.69) is 24.5 Å². The minimum atomic E-state index is 0.695. The number of hydrogen-bond acceptors (Lipinski definition) is 3. The van der Waals surface area contributed by atoms with Gasteiger partial charge in [-0.2, -0.15) is 0 Å². The average Bonchev–Trinajstić information content (AvgIpc) is 2.49. The van der Waals surface area contributed by atoms with Gasteiger partial charge in [0.05, 0.1) is 11.0 Å². The van der Waals surface area contributed by atoms with Gasteiger partial charge in [-0.05, 0) is 37.1 Å². The Bertz CT molecular complexity index is 364. The summed E-state index contributed by atoms with van der Waals surface area (Å²) in [6, 6.07) is 7.93. The van der Waals surface area contributed by atoms with Crippen LogP contribution in [0.15, 0.2) is 29.6 Å². The topological polar surface area (TPSA) is 44.7 Å². The standard InChI is InChI=1S/C16H27N3O/c1-3-5-7-13-17-15-9-11-16(12-10-15)19(18-20)14-8-6-4-2/h9-12,17H,3-8,13-14H2,1-2H3. The molecule has 112 valence electrons. The number of nitroso groups, excluding NO2 is 1. The maximum atomic E-state index is 10.9. The summed E-state index contributed by atoms with van der Waals surface area (Å²) in [4.78, 5) is 10.9. The lowest BCUT2D eigenvalue weighted by Crippen LogP contribution is -2.16. The van der Waals surface area contributed by atoms with Crippen LogP contribution in [0.25, 0.3) is 0 Å². The van der Waals surface area contributed by atoms with E-state index in [-0.39, 0.29) is 0 Å². The maximum Gasteiger partial charge on any atom is 0.0627 e. The van der Waals surface area contributed by atoms with Gasteiger partial charge in [-0.1, -0.05) is 39.5 Å². The van der Waals surface area contributed by atoms with Crippen molar-refractivity contribution >= 4 is 11.4 Å². The number of hydrogen-bond donors (Lipinski definition) is 1. The van der Waals surface area contributed by atoms with E-state index >= 15 is 0 Å². The Labute approximate surface area is 122 Å². The molecule has 1 rings (SSSR count). The summed E-state index contributed by atoms with van der Waals surface area (Å²) in [6.45, 7) is 6.05. The first-order valence-electron chi connectivity index (χ1n) is 7.76. The highest BCUT2D eigenvalue weighted by Gasteiger charge is 2.05. The molecule has 0 aliphatic heterocycles. The second kappa shape index (κ2) is 10.2. The Balaban J connectivity index is 2.44. The van der Waals surface area contributed by atoms with Crippen LogP contribution in [0.1, 0.15) is 52.4 Å². The molecule has 4 heteroatoms. The molecule has 0 unspecified atom stereocenters. The molecular formula is C16H27N3O. The highest BCUT2D eigenvalue weighted by molar-refractivity contribution is 5.54. The van der Waals surface area contributed by atoms with E-state index < -0.39 is 0 Å². The van der Waals surface area contributed by atoms with E-state index in [1.165, 1.54) is 24.3 Å². The number of unbranched alkanes of at least 4 members (excludes halogenated alkanes) is 4. The van der Waals surface area contributed by atoms with Gasteiger partial charge in [0, 0.05) is 18.8 Å². The third-order valence-electron chi connectivity index (χ3n) is 3.35. The largest absolute Gasteiger partial charge is 0.385 e. The lowest BCUT2D eigenvalue weighted by atomic mass is 10.2. The molecule has 0 bridgehead atoms. The molecule has 0 aromatic heterocycles. The maximum absolute atomic E-state index is 10.9. The van der Waals surface area contributed by atoms with Gasteiger partial charge in [-0.3, -0.25) is 0 Å². The average molecular weight is 277 g/mol. The molecule has 0 fully saturated rings. The molecule has 0 aliphatic rings. The molecule has 0 atom stereocenters. The molecule has 0 heterocycles. The van der Waals surface area contributed by atoms with Crippen molar-refractivity contribution in [3.8, 4) is 0 Å². The zero-order chi connectivity index (χ0) is 14.6. The Kier molecular flexibility index (Phi) is 8.43. The highest BCUT2D eigenvalue weighted by Crippen LogP contribution is 2.19. The molecule has 0 aliphatic carbocycles. The fourth-order valence-corrected chi connectivity index (χ4v) is 2.09. The van der Waals surface area contributed by atoms with Gasteiger partial charge in [-0.15, -0.1) is 4.91 Å². The number of anilines is 2. The Morgan fingerprint density at radius 1 is 1.00 bits per heavy atom. The van der Waals surface area contributed by atoms with Crippen LogP contribution in [0.5, 0.6) is 0 Å². The van der Waals surface area contributed by atoms with Crippen LogP contribution in [0.4, 0.5) is 11.4 Å². The van der Waals surface area contributed by atoms with Gasteiger partial charge in [0.1, 0.15) is 0 Å². The molecule has 0 saturated heterocycles. The molecule has 0 amide bonds. The summed E-state index contributed by atoms with van der Waals surface area (Å²) in [5, 5.41) is 8.04. The molecule has 1 aromatic rings. The van der Waals surface area contributed by atoms with Crippen molar-refractivity contribution in [2.75, 3.05) is 23.4 Å². The van der Waals surface area contributed by atoms with Crippen LogP contribution < -0.4 is 10.3 Å². The van der Waals surface area contributed by atoms with Crippen LogP contribution in [-0.2, 0) is 0 Å². The minimum Gasteiger partial charge on any atom is -0.385 e. The van der Waals surface area contributed by atoms with Crippen LogP contribution in [0, 0.1) is 4.91 Å². The van der Waals surface area contributed by atoms with E-state index in [9.17, 15) is 4.91 Å². The highest BCUT2D eigenvalue weighted by atomic mass is 16.3. The first-order chi connectivity index (χ1) is 9.81. The quantitative estimate of drug-likeness (QED) is 0.353. The van der Waals surface area contributed by atoms with Gasteiger partial charge in [-0.25, -0.2) is 5.01 Å². The van der Waals surface area contributed by atoms with E-state index in [0.29, 0.717) is 6.54 Å². The van der Waals surface area contributed by atoms with Gasteiger partial charge >= 0.3 is 0 Å². The normalized spacial score (nSPS) is 10.3. The van der Waals surface area contributed by atoms with Crippen molar-refractivity contribution in [3.05, 3.63) is 29.2 Å². The predicted molar refractivity (Wildman–Crippen MR) is 87.1 cm³/mol. The van der Waals surface area contributed by atoms with Gasteiger partial charge in [0.25, 0.3) is 0 Å². The molecule has 0 radical (unpaired) electrons. The first-order valence-corrected chi connectivity index (χ1v) is 7.76. The Morgan fingerprint density at radius 3 is 2.25 bits per heavy atom. The molecule has 0 spiro atoms. The minimum absolute atomic E-state index is 0.695. The molecule has 4 nitrogen and oxygen atoms in total. The molecular weight excluding hydrogens is 250 g/mol. The van der Waals surface area contributed by atoms with Gasteiger partial charge in [0.2, 0.25) is 0 Å². The van der Waals surface area contributed by atoms with Gasteiger partial charge < -0.3 is 5.32 Å². The van der Waals surface area contributed by atoms with E-state index in [4.69, 9.17) is 0 Å². The summed E-state index contributed by atoms with van der Waals surface area (Å²) in [6.07, 6.45) is 6.96. The molecule has 1 N–H and O–H groups in total. The smallest absolute Gasteiger partial charge is 0.0627 e. The SMILES string of the molecule is CCCCCNc1ccc(N(CCCCC)N=O)cc1. The first kappa shape index (κ1) is 16.5. The number of nitrogens with one attached hydrogen (secondary N) is 1. The number of benzene rings is 1. The Morgan fingerprint density at radius 2 is 1.65 bits per heavy atom. The Hall–Kier alpha value is -1.58. The van der Waals surface area contributed by atoms with E-state index in [1.807, 2.05) is 24.3 Å². The fourth-order valence-electron chi connectivity index (χ4n) is 2.09. The van der Waals surface area contributed by atoms with Crippen LogP contribution in [0.3, 0.4) is 0 Å². The third kappa shape index (κ3) is 6.04. The summed E-state index contributed by atoms with van der Waals surface area (Å²) in [5.74, 6) is 0. The van der Waals surface area contributed by atoms with Gasteiger partial charge in [0.15, 0.2) is 0 Å². The molecule has 0 saturated carbocycles. The van der Waals surface area contributed by atoms with Crippen molar-refractivity contribution in [2.45, 2.75) is 52.4 Å². The van der Waals surface area contributed by atoms with Crippen LogP contribution in [0.2, 0.25) is 0 Å².